The van der Waals surface area contributed by atoms with Crippen molar-refractivity contribution in [3.05, 3.63) is 22.4 Å². The molecule has 1 aliphatic heterocycles. The number of hydrogen-bond acceptors (Lipinski definition) is 4. The molecule has 2 unspecified atom stereocenters. The molecular weight excluding hydrogens is 274 g/mol. The van der Waals surface area contributed by atoms with Crippen LogP contribution in [0.1, 0.15) is 23.8 Å². The van der Waals surface area contributed by atoms with Crippen molar-refractivity contribution in [3.63, 3.8) is 0 Å². The van der Waals surface area contributed by atoms with Crippen LogP contribution in [0.25, 0.3) is 0 Å². The lowest BCUT2D eigenvalue weighted by molar-refractivity contribution is 0.123. The van der Waals surface area contributed by atoms with E-state index in [1.54, 1.807) is 11.3 Å². The number of aliphatic hydroxyl groups is 1. The zero-order valence-corrected chi connectivity index (χ0v) is 12.7. The van der Waals surface area contributed by atoms with Crippen LogP contribution in [0.2, 0.25) is 0 Å². The summed E-state index contributed by atoms with van der Waals surface area (Å²) in [6.45, 7) is 2.04. The molecule has 1 fully saturated rings. The number of thiophene rings is 1. The maximum atomic E-state index is 11.6. The zero-order chi connectivity index (χ0) is 14.4. The number of nitrogens with one attached hydrogen (secondary N) is 2. The average molecular weight is 297 g/mol. The van der Waals surface area contributed by atoms with E-state index < -0.39 is 0 Å². The molecule has 2 atom stereocenters. The summed E-state index contributed by atoms with van der Waals surface area (Å²) in [6.07, 6.45) is 2.30. The summed E-state index contributed by atoms with van der Waals surface area (Å²) in [7, 11) is 2.16. The molecule has 2 rings (SSSR count). The summed E-state index contributed by atoms with van der Waals surface area (Å²) in [4.78, 5) is 15.3. The Morgan fingerprint density at radius 2 is 2.40 bits per heavy atom. The van der Waals surface area contributed by atoms with Gasteiger partial charge < -0.3 is 15.7 Å². The number of urea groups is 1. The van der Waals surface area contributed by atoms with Crippen LogP contribution in [-0.4, -0.2) is 49.3 Å². The summed E-state index contributed by atoms with van der Waals surface area (Å²) in [5.41, 5.74) is 0. The quantitative estimate of drug-likeness (QED) is 0.770. The fourth-order valence-corrected chi connectivity index (χ4v) is 3.82. The van der Waals surface area contributed by atoms with Crippen molar-refractivity contribution >= 4 is 17.4 Å². The van der Waals surface area contributed by atoms with Gasteiger partial charge in [0.1, 0.15) is 0 Å². The molecule has 0 spiro atoms. The van der Waals surface area contributed by atoms with E-state index in [2.05, 4.69) is 40.1 Å². The molecule has 0 radical (unpaired) electrons. The van der Waals surface area contributed by atoms with Gasteiger partial charge in [-0.1, -0.05) is 6.07 Å². The van der Waals surface area contributed by atoms with Gasteiger partial charge >= 0.3 is 6.03 Å². The average Bonchev–Trinajstić information content (AvgIpc) is 2.96. The molecule has 0 aromatic carbocycles. The maximum absolute atomic E-state index is 11.6. The molecule has 3 N–H and O–H groups in total. The number of piperidine rings is 1. The normalized spacial score (nSPS) is 23.5. The minimum absolute atomic E-state index is 0.0304. The Kier molecular flexibility index (Phi) is 5.82. The van der Waals surface area contributed by atoms with E-state index >= 15 is 0 Å². The van der Waals surface area contributed by atoms with Crippen LogP contribution in [-0.2, 0) is 0 Å². The third-order valence-corrected chi connectivity index (χ3v) is 4.71. The Labute approximate surface area is 124 Å². The largest absolute Gasteiger partial charge is 0.395 e. The first-order valence-corrected chi connectivity index (χ1v) is 7.96. The zero-order valence-electron chi connectivity index (χ0n) is 11.8. The second-order valence-electron chi connectivity index (χ2n) is 5.20. The van der Waals surface area contributed by atoms with E-state index in [9.17, 15) is 4.79 Å². The predicted octanol–water partition coefficient (Wildman–Crippen LogP) is 1.42. The van der Waals surface area contributed by atoms with Crippen LogP contribution in [0.3, 0.4) is 0 Å². The Balaban J connectivity index is 1.92. The Bertz CT molecular complexity index is 411. The van der Waals surface area contributed by atoms with Gasteiger partial charge in [0.15, 0.2) is 0 Å². The fraction of sp³-hybridized carbons (Fsp3) is 0.643. The van der Waals surface area contributed by atoms with E-state index in [1.165, 1.54) is 11.3 Å². The first kappa shape index (κ1) is 15.3. The monoisotopic (exact) mass is 297 g/mol. The first-order chi connectivity index (χ1) is 9.72. The Morgan fingerprint density at radius 1 is 1.55 bits per heavy atom. The van der Waals surface area contributed by atoms with Gasteiger partial charge in [0.05, 0.1) is 6.61 Å². The molecule has 0 saturated carbocycles. The predicted molar refractivity (Wildman–Crippen MR) is 80.9 cm³/mol. The molecule has 1 aliphatic rings. The highest BCUT2D eigenvalue weighted by Crippen LogP contribution is 2.36. The third kappa shape index (κ3) is 3.94. The van der Waals surface area contributed by atoms with E-state index in [0.29, 0.717) is 25.0 Å². The number of nitrogens with zero attached hydrogens (tertiary/aromatic N) is 1. The van der Waals surface area contributed by atoms with Crippen molar-refractivity contribution in [2.24, 2.45) is 5.92 Å². The Morgan fingerprint density at radius 3 is 3.10 bits per heavy atom. The van der Waals surface area contributed by atoms with Crippen molar-refractivity contribution in [2.45, 2.75) is 18.9 Å². The van der Waals surface area contributed by atoms with E-state index in [0.717, 1.165) is 13.0 Å². The lowest BCUT2D eigenvalue weighted by atomic mass is 9.88. The van der Waals surface area contributed by atoms with Gasteiger partial charge in [0, 0.05) is 24.0 Å². The van der Waals surface area contributed by atoms with Crippen LogP contribution in [0.15, 0.2) is 17.5 Å². The van der Waals surface area contributed by atoms with Gasteiger partial charge in [0.25, 0.3) is 0 Å². The maximum Gasteiger partial charge on any atom is 0.314 e. The minimum atomic E-state index is -0.197. The van der Waals surface area contributed by atoms with Crippen LogP contribution in [0.4, 0.5) is 4.79 Å². The van der Waals surface area contributed by atoms with Gasteiger partial charge in [-0.3, -0.25) is 4.90 Å². The molecule has 1 aromatic heterocycles. The molecule has 6 heteroatoms. The molecule has 0 bridgehead atoms. The number of aliphatic hydroxyl groups excluding tert-OH is 1. The number of hydrogen-bond donors (Lipinski definition) is 3. The summed E-state index contributed by atoms with van der Waals surface area (Å²) in [6, 6.07) is 4.45. The van der Waals surface area contributed by atoms with E-state index in [4.69, 9.17) is 5.11 Å². The fourth-order valence-electron chi connectivity index (χ4n) is 2.84. The van der Waals surface area contributed by atoms with Gasteiger partial charge in [0.2, 0.25) is 0 Å². The number of carbonyl (C=O) groups excluding carboxylic acids is 1. The molecule has 2 heterocycles. The van der Waals surface area contributed by atoms with Crippen LogP contribution < -0.4 is 10.6 Å². The molecule has 20 heavy (non-hydrogen) atoms. The van der Waals surface area contributed by atoms with Crippen molar-refractivity contribution in [3.8, 4) is 0 Å². The molecular formula is C14H23N3O2S. The second-order valence-corrected chi connectivity index (χ2v) is 6.18. The van der Waals surface area contributed by atoms with Crippen molar-refractivity contribution in [1.29, 1.82) is 0 Å². The van der Waals surface area contributed by atoms with Gasteiger partial charge in [-0.05, 0) is 43.8 Å². The summed E-state index contributed by atoms with van der Waals surface area (Å²) in [5, 5.41) is 16.3. The lowest BCUT2D eigenvalue weighted by Gasteiger charge is -2.38. The smallest absolute Gasteiger partial charge is 0.314 e. The van der Waals surface area contributed by atoms with Gasteiger partial charge in [-0.2, -0.15) is 0 Å². The highest BCUT2D eigenvalue weighted by molar-refractivity contribution is 7.10. The van der Waals surface area contributed by atoms with E-state index in [1.807, 2.05) is 0 Å². The highest BCUT2D eigenvalue weighted by Gasteiger charge is 2.31. The molecule has 1 saturated heterocycles. The van der Waals surface area contributed by atoms with Crippen LogP contribution in [0, 0.1) is 5.92 Å². The van der Waals surface area contributed by atoms with E-state index in [-0.39, 0.29) is 12.6 Å². The van der Waals surface area contributed by atoms with Crippen molar-refractivity contribution in [2.75, 3.05) is 33.3 Å². The van der Waals surface area contributed by atoms with Crippen LogP contribution >= 0.6 is 11.3 Å². The number of amides is 2. The number of carbonyl (C=O) groups is 1. The highest BCUT2D eigenvalue weighted by atomic mass is 32.1. The number of likely N-dealkylation sites (tertiary alicyclic amines) is 1. The second kappa shape index (κ2) is 7.61. The first-order valence-electron chi connectivity index (χ1n) is 7.08. The molecule has 2 amide bonds. The topological polar surface area (TPSA) is 64.6 Å². The van der Waals surface area contributed by atoms with Gasteiger partial charge in [-0.25, -0.2) is 4.79 Å². The van der Waals surface area contributed by atoms with Crippen molar-refractivity contribution in [1.82, 2.24) is 15.5 Å². The minimum Gasteiger partial charge on any atom is -0.395 e. The SMILES string of the molecule is CN1CCCC(CNC(=O)NCCO)C1c1cccs1. The lowest BCUT2D eigenvalue weighted by Crippen LogP contribution is -2.44. The summed E-state index contributed by atoms with van der Waals surface area (Å²) >= 11 is 1.78. The van der Waals surface area contributed by atoms with Crippen LogP contribution in [0.5, 0.6) is 0 Å². The Hall–Kier alpha value is -1.11. The third-order valence-electron chi connectivity index (χ3n) is 3.76. The molecule has 112 valence electrons. The molecule has 1 aromatic rings. The van der Waals surface area contributed by atoms with Gasteiger partial charge in [-0.15, -0.1) is 11.3 Å². The summed E-state index contributed by atoms with van der Waals surface area (Å²) < 4.78 is 0. The molecule has 5 nitrogen and oxygen atoms in total. The molecule has 0 aliphatic carbocycles. The van der Waals surface area contributed by atoms with Crippen molar-refractivity contribution < 1.29 is 9.90 Å². The summed E-state index contributed by atoms with van der Waals surface area (Å²) in [5.74, 6) is 0.437. The standard InChI is InChI=1S/C14H23N3O2S/c1-17-7-2-4-11(10-16-14(19)15-6-8-18)13(17)12-5-3-9-20-12/h3,5,9,11,13,18H,2,4,6-8,10H2,1H3,(H2,15,16,19). The number of rotatable bonds is 5.